The summed E-state index contributed by atoms with van der Waals surface area (Å²) in [6, 6.07) is 3.59. The summed E-state index contributed by atoms with van der Waals surface area (Å²) >= 11 is 3.28. The van der Waals surface area contributed by atoms with Gasteiger partial charge in [0, 0.05) is 12.1 Å². The second kappa shape index (κ2) is 6.60. The molecular weight excluding hydrogens is 270 g/mol. The molecule has 0 radical (unpaired) electrons. The summed E-state index contributed by atoms with van der Waals surface area (Å²) in [7, 11) is 0. The van der Waals surface area contributed by atoms with Crippen molar-refractivity contribution in [1.82, 2.24) is 4.98 Å². The van der Waals surface area contributed by atoms with E-state index in [4.69, 9.17) is 5.73 Å². The fourth-order valence-electron chi connectivity index (χ4n) is 1.29. The molecule has 1 aromatic heterocycles. The molecule has 0 fully saturated rings. The van der Waals surface area contributed by atoms with Gasteiger partial charge in [0.25, 0.3) is 0 Å². The number of hydrogen-bond acceptors (Lipinski definition) is 3. The summed E-state index contributed by atoms with van der Waals surface area (Å²) in [5.41, 5.74) is 6.11. The smallest absolute Gasteiger partial charge is 0.227 e. The van der Waals surface area contributed by atoms with Gasteiger partial charge in [-0.1, -0.05) is 6.92 Å². The van der Waals surface area contributed by atoms with E-state index in [2.05, 4.69) is 26.2 Å². The fraction of sp³-hybridized carbons (Fsp3) is 0.455. The summed E-state index contributed by atoms with van der Waals surface area (Å²) in [5, 5.41) is 2.83. The minimum atomic E-state index is -0.0318. The van der Waals surface area contributed by atoms with E-state index in [0.29, 0.717) is 16.8 Å². The minimum Gasteiger partial charge on any atom is -0.330 e. The lowest BCUT2D eigenvalue weighted by Gasteiger charge is -2.12. The third-order valence-corrected chi connectivity index (χ3v) is 2.94. The molecule has 0 saturated heterocycles. The predicted octanol–water partition coefficient (Wildman–Crippen LogP) is 2.16. The van der Waals surface area contributed by atoms with E-state index in [0.717, 1.165) is 12.8 Å². The van der Waals surface area contributed by atoms with Gasteiger partial charge in [-0.05, 0) is 47.4 Å². The van der Waals surface area contributed by atoms with E-state index < -0.39 is 0 Å². The lowest BCUT2D eigenvalue weighted by Crippen LogP contribution is -2.21. The molecule has 1 aromatic rings. The van der Waals surface area contributed by atoms with Crippen LogP contribution in [0.15, 0.2) is 22.9 Å². The van der Waals surface area contributed by atoms with Crippen LogP contribution >= 0.6 is 15.9 Å². The summed E-state index contributed by atoms with van der Waals surface area (Å²) in [6.07, 6.45) is 3.33. The van der Waals surface area contributed by atoms with Gasteiger partial charge >= 0.3 is 0 Å². The number of hydrogen-bond donors (Lipinski definition) is 2. The largest absolute Gasteiger partial charge is 0.330 e. The van der Waals surface area contributed by atoms with Crippen LogP contribution in [-0.2, 0) is 4.79 Å². The van der Waals surface area contributed by atoms with Crippen molar-refractivity contribution in [3.8, 4) is 0 Å². The average Bonchev–Trinajstić information content (AvgIpc) is 2.28. The quantitative estimate of drug-likeness (QED) is 0.815. The number of halogens is 1. The Kier molecular flexibility index (Phi) is 5.42. The number of anilines is 1. The molecule has 1 atom stereocenters. The molecule has 0 spiro atoms. The zero-order chi connectivity index (χ0) is 12.0. The van der Waals surface area contributed by atoms with Gasteiger partial charge in [0.05, 0.1) is 5.69 Å². The topological polar surface area (TPSA) is 68.0 Å². The van der Waals surface area contributed by atoms with Crippen molar-refractivity contribution in [2.45, 2.75) is 19.8 Å². The Morgan fingerprint density at radius 1 is 1.69 bits per heavy atom. The van der Waals surface area contributed by atoms with Crippen molar-refractivity contribution in [3.05, 3.63) is 22.9 Å². The highest BCUT2D eigenvalue weighted by molar-refractivity contribution is 9.10. The van der Waals surface area contributed by atoms with Crippen LogP contribution in [0, 0.1) is 5.92 Å². The van der Waals surface area contributed by atoms with Crippen LogP contribution in [0.2, 0.25) is 0 Å². The van der Waals surface area contributed by atoms with E-state index in [1.54, 1.807) is 12.3 Å². The molecular formula is C11H16BrN3O. The number of carbonyl (C=O) groups excluding carboxylic acids is 1. The monoisotopic (exact) mass is 285 g/mol. The summed E-state index contributed by atoms with van der Waals surface area (Å²) in [5.74, 6) is -0.0298. The van der Waals surface area contributed by atoms with Crippen LogP contribution in [-0.4, -0.2) is 17.4 Å². The van der Waals surface area contributed by atoms with Gasteiger partial charge in [-0.3, -0.25) is 4.79 Å². The van der Waals surface area contributed by atoms with Gasteiger partial charge in [-0.2, -0.15) is 0 Å². The molecule has 1 unspecified atom stereocenters. The van der Waals surface area contributed by atoms with E-state index in [1.165, 1.54) is 0 Å². The maximum Gasteiger partial charge on any atom is 0.227 e. The predicted molar refractivity (Wildman–Crippen MR) is 68.0 cm³/mol. The van der Waals surface area contributed by atoms with Crippen LogP contribution in [0.4, 0.5) is 5.69 Å². The van der Waals surface area contributed by atoms with Crippen LogP contribution in [0.3, 0.4) is 0 Å². The number of rotatable bonds is 5. The molecule has 0 aliphatic heterocycles. The molecule has 5 heteroatoms. The number of carbonyl (C=O) groups is 1. The Labute approximate surface area is 104 Å². The number of nitrogens with zero attached hydrogens (tertiary/aromatic N) is 1. The molecule has 0 bridgehead atoms. The standard InChI is InChI=1S/C11H16BrN3O/c1-8(4-2-6-13)11(16)15-9-5-3-7-14-10(9)12/h3,5,7-8H,2,4,6,13H2,1H3,(H,15,16). The zero-order valence-corrected chi connectivity index (χ0v) is 10.8. The number of amides is 1. The number of nitrogens with one attached hydrogen (secondary N) is 1. The fourth-order valence-corrected chi connectivity index (χ4v) is 1.64. The summed E-state index contributed by atoms with van der Waals surface area (Å²) < 4.78 is 0.648. The Bertz CT molecular complexity index is 357. The molecule has 3 N–H and O–H groups in total. The highest BCUT2D eigenvalue weighted by Crippen LogP contribution is 2.19. The van der Waals surface area contributed by atoms with Crippen molar-refractivity contribution < 1.29 is 4.79 Å². The van der Waals surface area contributed by atoms with Gasteiger partial charge in [0.2, 0.25) is 5.91 Å². The second-order valence-electron chi connectivity index (χ2n) is 3.66. The second-order valence-corrected chi connectivity index (χ2v) is 4.41. The average molecular weight is 286 g/mol. The maximum atomic E-state index is 11.8. The number of aromatic nitrogens is 1. The van der Waals surface area contributed by atoms with Crippen LogP contribution in [0.5, 0.6) is 0 Å². The third-order valence-electron chi connectivity index (χ3n) is 2.31. The van der Waals surface area contributed by atoms with E-state index in [9.17, 15) is 4.79 Å². The lowest BCUT2D eigenvalue weighted by atomic mass is 10.0. The normalized spacial score (nSPS) is 12.2. The van der Waals surface area contributed by atoms with Crippen molar-refractivity contribution in [3.63, 3.8) is 0 Å². The van der Waals surface area contributed by atoms with Gasteiger partial charge in [-0.15, -0.1) is 0 Å². The summed E-state index contributed by atoms with van der Waals surface area (Å²) in [6.45, 7) is 2.52. The van der Waals surface area contributed by atoms with Gasteiger partial charge in [-0.25, -0.2) is 4.98 Å². The molecule has 1 amide bonds. The van der Waals surface area contributed by atoms with Crippen LogP contribution in [0.1, 0.15) is 19.8 Å². The van der Waals surface area contributed by atoms with E-state index >= 15 is 0 Å². The Morgan fingerprint density at radius 3 is 3.06 bits per heavy atom. The molecule has 88 valence electrons. The lowest BCUT2D eigenvalue weighted by molar-refractivity contribution is -0.119. The SMILES string of the molecule is CC(CCCN)C(=O)Nc1cccnc1Br. The van der Waals surface area contributed by atoms with Crippen LogP contribution in [0.25, 0.3) is 0 Å². The molecule has 4 nitrogen and oxygen atoms in total. The minimum absolute atomic E-state index is 0.00199. The molecule has 16 heavy (non-hydrogen) atoms. The van der Waals surface area contributed by atoms with Crippen molar-refractivity contribution in [2.24, 2.45) is 11.7 Å². The van der Waals surface area contributed by atoms with Gasteiger partial charge in [0.1, 0.15) is 4.60 Å². The highest BCUT2D eigenvalue weighted by atomic mass is 79.9. The Balaban J connectivity index is 2.54. The molecule has 1 heterocycles. The van der Waals surface area contributed by atoms with Crippen molar-refractivity contribution in [1.29, 1.82) is 0 Å². The van der Waals surface area contributed by atoms with E-state index in [-0.39, 0.29) is 11.8 Å². The third kappa shape index (κ3) is 3.90. The van der Waals surface area contributed by atoms with E-state index in [1.807, 2.05) is 13.0 Å². The van der Waals surface area contributed by atoms with Crippen molar-refractivity contribution in [2.75, 3.05) is 11.9 Å². The van der Waals surface area contributed by atoms with Gasteiger partial charge < -0.3 is 11.1 Å². The molecule has 1 rings (SSSR count). The molecule has 0 aromatic carbocycles. The maximum absolute atomic E-state index is 11.8. The Hall–Kier alpha value is -0.940. The first kappa shape index (κ1) is 13.1. The first-order valence-corrected chi connectivity index (χ1v) is 6.06. The number of pyridine rings is 1. The molecule has 0 aliphatic carbocycles. The zero-order valence-electron chi connectivity index (χ0n) is 9.24. The van der Waals surface area contributed by atoms with Crippen LogP contribution < -0.4 is 11.1 Å². The Morgan fingerprint density at radius 2 is 2.44 bits per heavy atom. The van der Waals surface area contributed by atoms with Crippen molar-refractivity contribution >= 4 is 27.5 Å². The first-order chi connectivity index (χ1) is 7.65. The molecule has 0 saturated carbocycles. The summed E-state index contributed by atoms with van der Waals surface area (Å²) in [4.78, 5) is 15.8. The first-order valence-electron chi connectivity index (χ1n) is 5.26. The highest BCUT2D eigenvalue weighted by Gasteiger charge is 2.13. The number of nitrogens with two attached hydrogens (primary N) is 1. The molecule has 0 aliphatic rings. The van der Waals surface area contributed by atoms with Gasteiger partial charge in [0.15, 0.2) is 0 Å².